The van der Waals surface area contributed by atoms with Crippen molar-refractivity contribution in [3.63, 3.8) is 0 Å². The topological polar surface area (TPSA) is 81.0 Å². The molecule has 2 amide bonds. The summed E-state index contributed by atoms with van der Waals surface area (Å²) in [5.74, 6) is -0.873. The third kappa shape index (κ3) is 3.16. The highest BCUT2D eigenvalue weighted by atomic mass is 16.2. The molecule has 1 aliphatic heterocycles. The zero-order valence-corrected chi connectivity index (χ0v) is 19.2. The van der Waals surface area contributed by atoms with Gasteiger partial charge in [0.05, 0.1) is 16.9 Å². The van der Waals surface area contributed by atoms with E-state index in [1.807, 2.05) is 58.0 Å². The highest BCUT2D eigenvalue weighted by molar-refractivity contribution is 6.33. The van der Waals surface area contributed by atoms with Crippen LogP contribution in [-0.2, 0) is 0 Å². The van der Waals surface area contributed by atoms with Crippen LogP contribution < -0.4 is 4.90 Å². The molecule has 5 rings (SSSR count). The molecule has 33 heavy (non-hydrogen) atoms. The molecule has 7 heteroatoms. The molecule has 0 fully saturated rings. The molecule has 7 nitrogen and oxygen atoms in total. The Hall–Kier alpha value is -4.13. The molecule has 2 aromatic carbocycles. The van der Waals surface area contributed by atoms with E-state index < -0.39 is 11.8 Å². The Balaban J connectivity index is 1.57. The van der Waals surface area contributed by atoms with E-state index in [0.29, 0.717) is 11.3 Å². The maximum Gasteiger partial charge on any atom is 0.287 e. The number of aryl methyl sites for hydroxylation is 5. The van der Waals surface area contributed by atoms with Crippen LogP contribution in [0.1, 0.15) is 48.8 Å². The number of rotatable bonds is 3. The minimum Gasteiger partial charge on any atom is -0.268 e. The lowest BCUT2D eigenvalue weighted by atomic mass is 10.0. The summed E-state index contributed by atoms with van der Waals surface area (Å²) in [5.41, 5.74) is 7.95. The number of benzene rings is 2. The highest BCUT2D eigenvalue weighted by Crippen LogP contribution is 2.32. The van der Waals surface area contributed by atoms with Crippen LogP contribution in [-0.4, -0.2) is 31.6 Å². The lowest BCUT2D eigenvalue weighted by molar-refractivity contribution is 0.0919. The van der Waals surface area contributed by atoms with E-state index in [1.54, 1.807) is 24.0 Å². The van der Waals surface area contributed by atoms with Gasteiger partial charge in [-0.1, -0.05) is 30.3 Å². The second kappa shape index (κ2) is 7.48. The van der Waals surface area contributed by atoms with E-state index >= 15 is 0 Å². The maximum atomic E-state index is 13.5. The molecule has 0 saturated carbocycles. The van der Waals surface area contributed by atoms with Crippen molar-refractivity contribution in [2.45, 2.75) is 34.6 Å². The smallest absolute Gasteiger partial charge is 0.268 e. The van der Waals surface area contributed by atoms with Gasteiger partial charge in [-0.3, -0.25) is 9.59 Å². The van der Waals surface area contributed by atoms with Gasteiger partial charge >= 0.3 is 0 Å². The molecule has 0 bridgehead atoms. The lowest BCUT2D eigenvalue weighted by Gasteiger charge is -2.15. The Bertz CT molecular complexity index is 1450. The van der Waals surface area contributed by atoms with Crippen LogP contribution in [0.5, 0.6) is 0 Å². The Kier molecular flexibility index (Phi) is 4.70. The molecule has 3 heterocycles. The minimum atomic E-state index is -0.475. The summed E-state index contributed by atoms with van der Waals surface area (Å²) in [6, 6.07) is 12.0. The zero-order valence-electron chi connectivity index (χ0n) is 19.2. The summed E-state index contributed by atoms with van der Waals surface area (Å²) in [5, 5.41) is 4.53. The fourth-order valence-electron chi connectivity index (χ4n) is 4.29. The summed E-state index contributed by atoms with van der Waals surface area (Å²) in [6.45, 7) is 9.77. The number of carbonyl (C=O) groups is 2. The van der Waals surface area contributed by atoms with Crippen molar-refractivity contribution in [2.75, 3.05) is 4.90 Å². The predicted molar refractivity (Wildman–Crippen MR) is 126 cm³/mol. The molecule has 0 radical (unpaired) electrons. The average Bonchev–Trinajstić information content (AvgIpc) is 3.26. The first-order valence-corrected chi connectivity index (χ1v) is 10.7. The van der Waals surface area contributed by atoms with Crippen molar-refractivity contribution >= 4 is 17.8 Å². The third-order valence-corrected chi connectivity index (χ3v) is 6.22. The summed E-state index contributed by atoms with van der Waals surface area (Å²) in [7, 11) is 0. The molecular formula is C26H23N5O2. The van der Waals surface area contributed by atoms with Gasteiger partial charge < -0.3 is 0 Å². The molecule has 0 aliphatic carbocycles. The van der Waals surface area contributed by atoms with Crippen LogP contribution in [0.25, 0.3) is 16.8 Å². The van der Waals surface area contributed by atoms with Crippen LogP contribution in [0.3, 0.4) is 0 Å². The average molecular weight is 438 g/mol. The SMILES string of the molecule is Cc1cc(C)c(-n2nc(C)c3c2C(=O)N(c2ncc(-c4ccccc4C)cn2)C3=O)cc1C. The maximum absolute atomic E-state index is 13.5. The molecule has 0 N–H and O–H groups in total. The van der Waals surface area contributed by atoms with Crippen LogP contribution in [0, 0.1) is 34.6 Å². The van der Waals surface area contributed by atoms with Gasteiger partial charge in [-0.25, -0.2) is 19.5 Å². The molecular weight excluding hydrogens is 414 g/mol. The van der Waals surface area contributed by atoms with Crippen LogP contribution in [0.2, 0.25) is 0 Å². The van der Waals surface area contributed by atoms with Crippen molar-refractivity contribution in [2.24, 2.45) is 0 Å². The fraction of sp³-hybridized carbons (Fsp3) is 0.192. The Morgan fingerprint density at radius 1 is 0.758 bits per heavy atom. The second-order valence-corrected chi connectivity index (χ2v) is 8.48. The van der Waals surface area contributed by atoms with E-state index in [0.717, 1.165) is 44.0 Å². The molecule has 0 atom stereocenters. The Morgan fingerprint density at radius 2 is 1.42 bits per heavy atom. The minimum absolute atomic E-state index is 0.0568. The first-order valence-electron chi connectivity index (χ1n) is 10.7. The lowest BCUT2D eigenvalue weighted by Crippen LogP contribution is -2.32. The third-order valence-electron chi connectivity index (χ3n) is 6.22. The predicted octanol–water partition coefficient (Wildman–Crippen LogP) is 4.67. The van der Waals surface area contributed by atoms with E-state index in [2.05, 4.69) is 21.1 Å². The van der Waals surface area contributed by atoms with E-state index in [-0.39, 0.29) is 11.6 Å². The van der Waals surface area contributed by atoms with Crippen molar-refractivity contribution in [1.82, 2.24) is 19.7 Å². The van der Waals surface area contributed by atoms with Gasteiger partial charge in [0.25, 0.3) is 11.8 Å². The number of aromatic nitrogens is 4. The summed E-state index contributed by atoms with van der Waals surface area (Å²) < 4.78 is 1.58. The first kappa shape index (κ1) is 20.8. The molecule has 0 spiro atoms. The molecule has 164 valence electrons. The number of carbonyl (C=O) groups excluding carboxylic acids is 2. The number of nitrogens with zero attached hydrogens (tertiary/aromatic N) is 5. The first-order chi connectivity index (χ1) is 15.8. The van der Waals surface area contributed by atoms with Crippen molar-refractivity contribution in [1.29, 1.82) is 0 Å². The molecule has 1 aliphatic rings. The van der Waals surface area contributed by atoms with Gasteiger partial charge in [0.15, 0.2) is 0 Å². The second-order valence-electron chi connectivity index (χ2n) is 8.48. The van der Waals surface area contributed by atoms with Gasteiger partial charge in [0.2, 0.25) is 5.95 Å². The quantitative estimate of drug-likeness (QED) is 0.435. The van der Waals surface area contributed by atoms with Crippen LogP contribution in [0.15, 0.2) is 48.8 Å². The number of fused-ring (bicyclic) bond motifs is 1. The molecule has 4 aromatic rings. The van der Waals surface area contributed by atoms with E-state index in [4.69, 9.17) is 0 Å². The Labute approximate surface area is 191 Å². The van der Waals surface area contributed by atoms with E-state index in [1.165, 1.54) is 0 Å². The Morgan fingerprint density at radius 3 is 2.12 bits per heavy atom. The van der Waals surface area contributed by atoms with E-state index in [9.17, 15) is 9.59 Å². The van der Waals surface area contributed by atoms with Crippen molar-refractivity contribution in [3.8, 4) is 16.8 Å². The van der Waals surface area contributed by atoms with Crippen molar-refractivity contribution < 1.29 is 9.59 Å². The van der Waals surface area contributed by atoms with Crippen LogP contribution in [0.4, 0.5) is 5.95 Å². The molecule has 0 unspecified atom stereocenters. The van der Waals surface area contributed by atoms with Gasteiger partial charge in [-0.15, -0.1) is 0 Å². The number of anilines is 1. The summed E-state index contributed by atoms with van der Waals surface area (Å²) in [6.07, 6.45) is 3.28. The van der Waals surface area contributed by atoms with Gasteiger partial charge in [-0.05, 0) is 68.5 Å². The van der Waals surface area contributed by atoms with Gasteiger partial charge in [-0.2, -0.15) is 5.10 Å². The highest BCUT2D eigenvalue weighted by Gasteiger charge is 2.44. The number of hydrogen-bond acceptors (Lipinski definition) is 5. The largest absolute Gasteiger partial charge is 0.287 e. The normalized spacial score (nSPS) is 13.1. The standard InChI is InChI=1S/C26H23N5O2/c1-14-8-6-7-9-20(14)19-12-27-26(28-13-19)30-24(32)22-18(5)29-31(23(22)25(30)33)21-11-16(3)15(2)10-17(21)4/h6-13H,1-5H3. The monoisotopic (exact) mass is 437 g/mol. The van der Waals surface area contributed by atoms with Gasteiger partial charge in [0.1, 0.15) is 5.69 Å². The van der Waals surface area contributed by atoms with Crippen LogP contribution >= 0.6 is 0 Å². The summed E-state index contributed by atoms with van der Waals surface area (Å²) >= 11 is 0. The molecule has 2 aromatic heterocycles. The zero-order chi connectivity index (χ0) is 23.4. The molecule has 0 saturated heterocycles. The number of amides is 2. The fourth-order valence-corrected chi connectivity index (χ4v) is 4.29. The number of imide groups is 1. The summed E-state index contributed by atoms with van der Waals surface area (Å²) in [4.78, 5) is 36.5. The van der Waals surface area contributed by atoms with Gasteiger partial charge in [0, 0.05) is 18.0 Å². The number of hydrogen-bond donors (Lipinski definition) is 0. The van der Waals surface area contributed by atoms with Crippen molar-refractivity contribution in [3.05, 3.63) is 88.0 Å².